The van der Waals surface area contributed by atoms with E-state index in [1.807, 2.05) is 6.92 Å². The summed E-state index contributed by atoms with van der Waals surface area (Å²) in [5, 5.41) is 0. The van der Waals surface area contributed by atoms with Gasteiger partial charge < -0.3 is 5.73 Å². The summed E-state index contributed by atoms with van der Waals surface area (Å²) in [5.41, 5.74) is 5.63. The number of benzene rings is 1. The number of nitrogens with two attached hydrogens (primary N) is 1. The van der Waals surface area contributed by atoms with Gasteiger partial charge in [0.25, 0.3) is 0 Å². The largest absolute Gasteiger partial charge is 0.324 e. The maximum atomic E-state index is 13.1. The molecular weight excluding hydrogens is 208 g/mol. The van der Waals surface area contributed by atoms with Gasteiger partial charge in [0.15, 0.2) is 0 Å². The van der Waals surface area contributed by atoms with E-state index in [0.717, 1.165) is 6.42 Å². The highest BCUT2D eigenvalue weighted by molar-refractivity contribution is 5.85. The molecule has 0 heterocycles. The number of hydrogen-bond donors (Lipinski definition) is 1. The number of rotatable bonds is 3. The van der Waals surface area contributed by atoms with E-state index < -0.39 is 17.7 Å². The van der Waals surface area contributed by atoms with Gasteiger partial charge in [-0.25, -0.2) is 8.78 Å². The van der Waals surface area contributed by atoms with E-state index in [-0.39, 0.29) is 18.0 Å². The first-order chi connectivity index (χ1) is 6.16. The minimum atomic E-state index is -0.555. The Morgan fingerprint density at radius 1 is 1.29 bits per heavy atom. The summed E-state index contributed by atoms with van der Waals surface area (Å²) in [6.45, 7) is 1.93. The van der Waals surface area contributed by atoms with Crippen LogP contribution in [0.15, 0.2) is 18.2 Å². The Labute approximate surface area is 88.7 Å². The van der Waals surface area contributed by atoms with Crippen molar-refractivity contribution in [1.82, 2.24) is 0 Å². The van der Waals surface area contributed by atoms with Gasteiger partial charge in [-0.05, 0) is 18.6 Å². The van der Waals surface area contributed by atoms with Crippen LogP contribution in [0.5, 0.6) is 0 Å². The molecule has 14 heavy (non-hydrogen) atoms. The topological polar surface area (TPSA) is 26.0 Å². The van der Waals surface area contributed by atoms with Crippen molar-refractivity contribution < 1.29 is 8.78 Å². The summed E-state index contributed by atoms with van der Waals surface area (Å²) in [5.74, 6) is -1.11. The van der Waals surface area contributed by atoms with Crippen molar-refractivity contribution in [3.05, 3.63) is 35.4 Å². The average molecular weight is 222 g/mol. The quantitative estimate of drug-likeness (QED) is 0.834. The second kappa shape index (κ2) is 5.94. The summed E-state index contributed by atoms with van der Waals surface area (Å²) in [7, 11) is 0. The standard InChI is InChI=1S/C10H13F2N.ClH/c1-2-4-9(13)10-7(11)5-3-6-8(10)12;/h3,5-6,9H,2,4,13H2,1H3;1H/t9-;/m1./s1. The zero-order valence-electron chi connectivity index (χ0n) is 7.97. The SMILES string of the molecule is CCC[C@@H](N)c1c(F)cccc1F.Cl. The monoisotopic (exact) mass is 221 g/mol. The molecular formula is C10H14ClF2N. The van der Waals surface area contributed by atoms with Gasteiger partial charge in [-0.1, -0.05) is 19.4 Å². The van der Waals surface area contributed by atoms with Crippen LogP contribution in [0.1, 0.15) is 31.4 Å². The molecule has 0 saturated carbocycles. The zero-order valence-corrected chi connectivity index (χ0v) is 8.78. The fourth-order valence-corrected chi connectivity index (χ4v) is 1.32. The van der Waals surface area contributed by atoms with Crippen molar-refractivity contribution in [3.63, 3.8) is 0 Å². The molecule has 0 amide bonds. The molecule has 1 aromatic carbocycles. The van der Waals surface area contributed by atoms with E-state index >= 15 is 0 Å². The van der Waals surface area contributed by atoms with E-state index in [1.54, 1.807) is 0 Å². The van der Waals surface area contributed by atoms with Crippen LogP contribution in [0, 0.1) is 11.6 Å². The third-order valence-corrected chi connectivity index (χ3v) is 1.97. The lowest BCUT2D eigenvalue weighted by Gasteiger charge is -2.12. The van der Waals surface area contributed by atoms with Crippen LogP contribution < -0.4 is 5.73 Å². The molecule has 0 unspecified atom stereocenters. The van der Waals surface area contributed by atoms with Crippen molar-refractivity contribution in [2.75, 3.05) is 0 Å². The molecule has 2 N–H and O–H groups in total. The lowest BCUT2D eigenvalue weighted by molar-refractivity contribution is 0.510. The van der Waals surface area contributed by atoms with Crippen molar-refractivity contribution >= 4 is 12.4 Å². The van der Waals surface area contributed by atoms with Crippen LogP contribution in [0.25, 0.3) is 0 Å². The maximum Gasteiger partial charge on any atom is 0.130 e. The molecule has 0 aliphatic heterocycles. The molecule has 0 saturated heterocycles. The highest BCUT2D eigenvalue weighted by atomic mass is 35.5. The van der Waals surface area contributed by atoms with E-state index in [2.05, 4.69) is 0 Å². The molecule has 0 aliphatic carbocycles. The Bertz CT molecular complexity index is 271. The van der Waals surface area contributed by atoms with Gasteiger partial charge in [0.1, 0.15) is 11.6 Å². The third-order valence-electron chi connectivity index (χ3n) is 1.97. The van der Waals surface area contributed by atoms with Gasteiger partial charge in [0.05, 0.1) is 0 Å². The Morgan fingerprint density at radius 2 is 1.79 bits per heavy atom. The smallest absolute Gasteiger partial charge is 0.130 e. The number of hydrogen-bond acceptors (Lipinski definition) is 1. The summed E-state index contributed by atoms with van der Waals surface area (Å²) >= 11 is 0. The van der Waals surface area contributed by atoms with Crippen LogP contribution in [-0.2, 0) is 0 Å². The molecule has 1 atom stereocenters. The molecule has 0 spiro atoms. The normalized spacial score (nSPS) is 12.0. The molecule has 0 bridgehead atoms. The second-order valence-corrected chi connectivity index (χ2v) is 3.03. The van der Waals surface area contributed by atoms with Gasteiger partial charge in [0, 0.05) is 11.6 Å². The minimum Gasteiger partial charge on any atom is -0.324 e. The first kappa shape index (κ1) is 13.3. The predicted molar refractivity (Wildman–Crippen MR) is 55.4 cm³/mol. The Kier molecular flexibility index (Phi) is 5.65. The van der Waals surface area contributed by atoms with Gasteiger partial charge in [-0.3, -0.25) is 0 Å². The molecule has 0 aliphatic rings. The second-order valence-electron chi connectivity index (χ2n) is 3.03. The van der Waals surface area contributed by atoms with Crippen LogP contribution in [0.2, 0.25) is 0 Å². The van der Waals surface area contributed by atoms with Crippen molar-refractivity contribution in [3.8, 4) is 0 Å². The molecule has 4 heteroatoms. The molecule has 0 aromatic heterocycles. The first-order valence-electron chi connectivity index (χ1n) is 4.36. The van der Waals surface area contributed by atoms with Crippen LogP contribution in [-0.4, -0.2) is 0 Å². The first-order valence-corrected chi connectivity index (χ1v) is 4.36. The van der Waals surface area contributed by atoms with E-state index in [1.165, 1.54) is 18.2 Å². The van der Waals surface area contributed by atoms with E-state index in [0.29, 0.717) is 6.42 Å². The Hall–Kier alpha value is -0.670. The highest BCUT2D eigenvalue weighted by Gasteiger charge is 2.14. The molecule has 1 rings (SSSR count). The molecule has 1 aromatic rings. The highest BCUT2D eigenvalue weighted by Crippen LogP contribution is 2.21. The molecule has 1 nitrogen and oxygen atoms in total. The molecule has 0 fully saturated rings. The van der Waals surface area contributed by atoms with Gasteiger partial charge >= 0.3 is 0 Å². The Morgan fingerprint density at radius 3 is 2.21 bits per heavy atom. The lowest BCUT2D eigenvalue weighted by atomic mass is 10.0. The summed E-state index contributed by atoms with van der Waals surface area (Å²) in [4.78, 5) is 0. The summed E-state index contributed by atoms with van der Waals surface area (Å²) in [6.07, 6.45) is 1.41. The minimum absolute atomic E-state index is 0. The van der Waals surface area contributed by atoms with Crippen molar-refractivity contribution in [2.24, 2.45) is 5.73 Å². The molecule has 0 radical (unpaired) electrons. The average Bonchev–Trinajstić information content (AvgIpc) is 2.04. The van der Waals surface area contributed by atoms with E-state index in [9.17, 15) is 8.78 Å². The van der Waals surface area contributed by atoms with Crippen LogP contribution >= 0.6 is 12.4 Å². The predicted octanol–water partition coefficient (Wildman–Crippen LogP) is 3.19. The number of halogens is 3. The maximum absolute atomic E-state index is 13.1. The van der Waals surface area contributed by atoms with Gasteiger partial charge in [-0.2, -0.15) is 0 Å². The Balaban J connectivity index is 0.00000169. The van der Waals surface area contributed by atoms with Crippen molar-refractivity contribution in [1.29, 1.82) is 0 Å². The van der Waals surface area contributed by atoms with Crippen molar-refractivity contribution in [2.45, 2.75) is 25.8 Å². The van der Waals surface area contributed by atoms with E-state index in [4.69, 9.17) is 5.73 Å². The van der Waals surface area contributed by atoms with Gasteiger partial charge in [-0.15, -0.1) is 12.4 Å². The summed E-state index contributed by atoms with van der Waals surface area (Å²) < 4.78 is 26.2. The van der Waals surface area contributed by atoms with Gasteiger partial charge in [0.2, 0.25) is 0 Å². The lowest BCUT2D eigenvalue weighted by Crippen LogP contribution is -2.13. The summed E-state index contributed by atoms with van der Waals surface area (Å²) in [6, 6.07) is 3.26. The fourth-order valence-electron chi connectivity index (χ4n) is 1.32. The fraction of sp³-hybridized carbons (Fsp3) is 0.400. The van der Waals surface area contributed by atoms with Crippen LogP contribution in [0.3, 0.4) is 0 Å². The third kappa shape index (κ3) is 2.93. The molecule has 80 valence electrons. The zero-order chi connectivity index (χ0) is 9.84. The van der Waals surface area contributed by atoms with Crippen LogP contribution in [0.4, 0.5) is 8.78 Å².